The number of fused-ring (bicyclic) bond motifs is 1. The van der Waals surface area contributed by atoms with Gasteiger partial charge in [0.25, 0.3) is 5.91 Å². The van der Waals surface area contributed by atoms with Crippen molar-refractivity contribution in [3.05, 3.63) is 90.0 Å². The lowest BCUT2D eigenvalue weighted by Crippen LogP contribution is -2.37. The van der Waals surface area contributed by atoms with E-state index in [1.54, 1.807) is 18.2 Å². The van der Waals surface area contributed by atoms with Crippen LogP contribution in [-0.2, 0) is 14.4 Å². The van der Waals surface area contributed by atoms with Gasteiger partial charge >= 0.3 is 0 Å². The molecule has 3 aromatic rings. The molecule has 0 aromatic heterocycles. The van der Waals surface area contributed by atoms with Gasteiger partial charge in [-0.25, -0.2) is 9.96 Å². The van der Waals surface area contributed by atoms with Crippen LogP contribution in [0, 0.1) is 12.8 Å². The molecule has 0 bridgehead atoms. The summed E-state index contributed by atoms with van der Waals surface area (Å²) in [6.07, 6.45) is -0.885. The Bertz CT molecular complexity index is 1150. The van der Waals surface area contributed by atoms with Crippen LogP contribution < -0.4 is 14.7 Å². The van der Waals surface area contributed by atoms with Gasteiger partial charge in [0.05, 0.1) is 24.5 Å². The number of hydroxylamine groups is 1. The third kappa shape index (κ3) is 3.16. The van der Waals surface area contributed by atoms with Crippen molar-refractivity contribution in [1.29, 1.82) is 0 Å². The van der Waals surface area contributed by atoms with Gasteiger partial charge in [-0.2, -0.15) is 0 Å². The number of methoxy groups -OCH3 is 1. The molecule has 2 saturated heterocycles. The summed E-state index contributed by atoms with van der Waals surface area (Å²) in [5, 5.41) is 1.69. The van der Waals surface area contributed by atoms with Gasteiger partial charge in [0, 0.05) is 0 Å². The van der Waals surface area contributed by atoms with Gasteiger partial charge in [0.2, 0.25) is 5.91 Å². The third-order valence-corrected chi connectivity index (χ3v) is 5.82. The molecule has 3 aromatic carbocycles. The van der Waals surface area contributed by atoms with Crippen molar-refractivity contribution in [3.8, 4) is 5.75 Å². The number of amides is 2. The molecule has 31 heavy (non-hydrogen) atoms. The van der Waals surface area contributed by atoms with Gasteiger partial charge in [-0.05, 0) is 54.4 Å². The van der Waals surface area contributed by atoms with E-state index < -0.39 is 18.1 Å². The summed E-state index contributed by atoms with van der Waals surface area (Å²) in [6, 6.07) is 24.0. The number of imide groups is 1. The molecular weight excluding hydrogens is 392 g/mol. The summed E-state index contributed by atoms with van der Waals surface area (Å²) in [6.45, 7) is 1.93. The summed E-state index contributed by atoms with van der Waals surface area (Å²) in [5.41, 5.74) is 3.19. The van der Waals surface area contributed by atoms with Crippen LogP contribution in [0.15, 0.2) is 78.9 Å². The molecule has 156 valence electrons. The zero-order valence-electron chi connectivity index (χ0n) is 17.3. The average molecular weight is 414 g/mol. The van der Waals surface area contributed by atoms with Gasteiger partial charge in [-0.15, -0.1) is 0 Å². The van der Waals surface area contributed by atoms with Crippen LogP contribution in [0.5, 0.6) is 5.75 Å². The average Bonchev–Trinajstić information content (AvgIpc) is 3.30. The number of nitrogens with zero attached hydrogens (tertiary/aromatic N) is 2. The predicted molar refractivity (Wildman–Crippen MR) is 117 cm³/mol. The van der Waals surface area contributed by atoms with Crippen molar-refractivity contribution in [3.63, 3.8) is 0 Å². The first-order chi connectivity index (χ1) is 15.1. The second-order valence-corrected chi connectivity index (χ2v) is 7.79. The number of anilines is 2. The van der Waals surface area contributed by atoms with E-state index in [1.807, 2.05) is 79.7 Å². The largest absolute Gasteiger partial charge is 0.497 e. The molecule has 2 aliphatic heterocycles. The van der Waals surface area contributed by atoms with E-state index in [1.165, 1.54) is 4.90 Å². The molecule has 2 amide bonds. The van der Waals surface area contributed by atoms with Gasteiger partial charge in [0.1, 0.15) is 11.7 Å². The summed E-state index contributed by atoms with van der Waals surface area (Å²) in [4.78, 5) is 34.3. The van der Waals surface area contributed by atoms with Gasteiger partial charge in [-0.1, -0.05) is 42.5 Å². The number of carbonyl (C=O) groups excluding carboxylic acids is 2. The second kappa shape index (κ2) is 7.56. The van der Waals surface area contributed by atoms with Gasteiger partial charge < -0.3 is 4.74 Å². The van der Waals surface area contributed by atoms with Gasteiger partial charge in [-0.3, -0.25) is 14.4 Å². The highest BCUT2D eigenvalue weighted by molar-refractivity contribution is 6.23. The minimum absolute atomic E-state index is 0.258. The van der Waals surface area contributed by atoms with Crippen LogP contribution in [-0.4, -0.2) is 25.0 Å². The number of rotatable bonds is 4. The first-order valence-electron chi connectivity index (χ1n) is 10.2. The van der Waals surface area contributed by atoms with Crippen LogP contribution in [0.4, 0.5) is 11.4 Å². The van der Waals surface area contributed by atoms with Crippen LogP contribution in [0.2, 0.25) is 0 Å². The maximum absolute atomic E-state index is 13.6. The number of para-hydroxylation sites is 1. The summed E-state index contributed by atoms with van der Waals surface area (Å²) >= 11 is 0. The Hall–Kier alpha value is -3.64. The fourth-order valence-electron chi connectivity index (χ4n) is 4.40. The van der Waals surface area contributed by atoms with Crippen molar-refractivity contribution in [2.75, 3.05) is 17.1 Å². The van der Waals surface area contributed by atoms with Gasteiger partial charge in [0.15, 0.2) is 6.10 Å². The Morgan fingerprint density at radius 2 is 1.58 bits per heavy atom. The summed E-state index contributed by atoms with van der Waals surface area (Å²) in [7, 11) is 1.60. The van der Waals surface area contributed by atoms with Crippen LogP contribution >= 0.6 is 0 Å². The number of hydrogen-bond donors (Lipinski definition) is 0. The molecule has 3 atom stereocenters. The van der Waals surface area contributed by atoms with Crippen molar-refractivity contribution in [2.45, 2.75) is 19.1 Å². The fraction of sp³-hybridized carbons (Fsp3) is 0.200. The molecule has 2 fully saturated rings. The molecule has 0 radical (unpaired) electrons. The predicted octanol–water partition coefficient (Wildman–Crippen LogP) is 4.05. The third-order valence-electron chi connectivity index (χ3n) is 5.82. The smallest absolute Gasteiger partial charge is 0.266 e. The van der Waals surface area contributed by atoms with E-state index in [-0.39, 0.29) is 11.8 Å². The molecule has 0 saturated carbocycles. The molecule has 2 heterocycles. The van der Waals surface area contributed by atoms with Crippen LogP contribution in [0.25, 0.3) is 0 Å². The molecule has 0 spiro atoms. The highest BCUT2D eigenvalue weighted by atomic mass is 16.7. The minimum atomic E-state index is -0.885. The van der Waals surface area contributed by atoms with E-state index >= 15 is 0 Å². The number of benzene rings is 3. The molecule has 0 aliphatic carbocycles. The lowest BCUT2D eigenvalue weighted by molar-refractivity contribution is -0.126. The first-order valence-corrected chi connectivity index (χ1v) is 10.2. The van der Waals surface area contributed by atoms with E-state index in [9.17, 15) is 9.59 Å². The number of ether oxygens (including phenoxy) is 1. The Kier molecular flexibility index (Phi) is 4.71. The lowest BCUT2D eigenvalue weighted by atomic mass is 9.90. The topological polar surface area (TPSA) is 59.1 Å². The summed E-state index contributed by atoms with van der Waals surface area (Å²) in [5.74, 6) is -0.583. The highest BCUT2D eigenvalue weighted by Gasteiger charge is 2.60. The number of hydrogen-bond acceptors (Lipinski definition) is 5. The van der Waals surface area contributed by atoms with E-state index in [0.717, 1.165) is 16.8 Å². The molecule has 6 nitrogen and oxygen atoms in total. The lowest BCUT2D eigenvalue weighted by Gasteiger charge is -2.29. The van der Waals surface area contributed by atoms with Crippen LogP contribution in [0.3, 0.4) is 0 Å². The van der Waals surface area contributed by atoms with E-state index in [2.05, 4.69) is 0 Å². The molecule has 0 unspecified atom stereocenters. The number of carbonyl (C=O) groups is 2. The Labute approximate surface area is 180 Å². The quantitative estimate of drug-likeness (QED) is 0.603. The van der Waals surface area contributed by atoms with Crippen molar-refractivity contribution in [2.24, 2.45) is 5.92 Å². The fourth-order valence-corrected chi connectivity index (χ4v) is 4.40. The Morgan fingerprint density at radius 3 is 2.32 bits per heavy atom. The van der Waals surface area contributed by atoms with Crippen molar-refractivity contribution in [1.82, 2.24) is 0 Å². The zero-order valence-corrected chi connectivity index (χ0v) is 17.3. The second-order valence-electron chi connectivity index (χ2n) is 7.79. The zero-order chi connectivity index (χ0) is 21.5. The van der Waals surface area contributed by atoms with E-state index in [0.29, 0.717) is 11.4 Å². The Balaban J connectivity index is 1.60. The molecule has 5 rings (SSSR count). The van der Waals surface area contributed by atoms with Crippen LogP contribution in [0.1, 0.15) is 17.2 Å². The molecule has 2 aliphatic rings. The SMILES string of the molecule is COc1cccc([C@@H]2[C@@H]3C(=O)N(c4cccc(C)c4)C(=O)[C@H]3ON2c2ccccc2)c1. The number of aryl methyl sites for hydroxylation is 1. The van der Waals surface area contributed by atoms with Crippen molar-refractivity contribution >= 4 is 23.2 Å². The maximum atomic E-state index is 13.6. The first kappa shape index (κ1) is 19.3. The van der Waals surface area contributed by atoms with E-state index in [4.69, 9.17) is 9.57 Å². The highest BCUT2D eigenvalue weighted by Crippen LogP contribution is 2.47. The standard InChI is InChI=1S/C25H22N2O4/c1-16-8-6-12-19(14-16)26-24(28)21-22(17-9-7-13-20(15-17)30-2)27(31-23(21)25(26)29)18-10-4-3-5-11-18/h3-15,21-23H,1-2H3/t21-,22+,23-/m0/s1. The minimum Gasteiger partial charge on any atom is -0.497 e. The normalized spacial score (nSPS) is 22.7. The van der Waals surface area contributed by atoms with Crippen molar-refractivity contribution < 1.29 is 19.2 Å². The molecular formula is C25H22N2O4. The maximum Gasteiger partial charge on any atom is 0.266 e. The molecule has 0 N–H and O–H groups in total. The molecule has 6 heteroatoms. The Morgan fingerprint density at radius 1 is 0.839 bits per heavy atom. The monoisotopic (exact) mass is 414 g/mol. The summed E-state index contributed by atoms with van der Waals surface area (Å²) < 4.78 is 5.40.